The van der Waals surface area contributed by atoms with Crippen molar-refractivity contribution in [2.45, 2.75) is 31.7 Å². The minimum absolute atomic E-state index is 0.214. The molecular weight excluding hydrogens is 236 g/mol. The van der Waals surface area contributed by atoms with Crippen LogP contribution in [0.25, 0.3) is 0 Å². The summed E-state index contributed by atoms with van der Waals surface area (Å²) in [5, 5.41) is 9.26. The second kappa shape index (κ2) is 6.04. The second-order valence-electron chi connectivity index (χ2n) is 4.88. The Balaban J connectivity index is 2.62. The van der Waals surface area contributed by atoms with E-state index in [2.05, 4.69) is 0 Å². The number of urea groups is 1. The van der Waals surface area contributed by atoms with Crippen LogP contribution >= 0.6 is 0 Å². The number of ether oxygens (including phenoxy) is 1. The van der Waals surface area contributed by atoms with Crippen molar-refractivity contribution >= 4 is 12.0 Å². The SMILES string of the molecule is COCCCN(C)C(=O)N1CCCC1(C)C(=O)O. The highest BCUT2D eigenvalue weighted by Gasteiger charge is 2.46. The van der Waals surface area contributed by atoms with Gasteiger partial charge >= 0.3 is 12.0 Å². The molecule has 0 aliphatic carbocycles. The fraction of sp³-hybridized carbons (Fsp3) is 0.833. The van der Waals surface area contributed by atoms with Crippen LogP contribution in [-0.2, 0) is 9.53 Å². The highest BCUT2D eigenvalue weighted by Crippen LogP contribution is 2.30. The molecule has 1 aliphatic rings. The first-order valence-electron chi connectivity index (χ1n) is 6.18. The molecule has 0 saturated carbocycles. The van der Waals surface area contributed by atoms with Gasteiger partial charge in [-0.2, -0.15) is 0 Å². The fourth-order valence-corrected chi connectivity index (χ4v) is 2.24. The van der Waals surface area contributed by atoms with Crippen LogP contribution in [0.15, 0.2) is 0 Å². The summed E-state index contributed by atoms with van der Waals surface area (Å²) in [7, 11) is 3.31. The van der Waals surface area contributed by atoms with Crippen molar-refractivity contribution in [1.29, 1.82) is 0 Å². The summed E-state index contributed by atoms with van der Waals surface area (Å²) in [6, 6.07) is -0.214. The number of rotatable bonds is 5. The Morgan fingerprint density at radius 2 is 2.17 bits per heavy atom. The Morgan fingerprint density at radius 3 is 2.72 bits per heavy atom. The quantitative estimate of drug-likeness (QED) is 0.747. The Morgan fingerprint density at radius 1 is 1.50 bits per heavy atom. The number of carboxylic acids is 1. The lowest BCUT2D eigenvalue weighted by atomic mass is 10.00. The van der Waals surface area contributed by atoms with Gasteiger partial charge in [0.15, 0.2) is 0 Å². The average Bonchev–Trinajstić information content (AvgIpc) is 2.72. The van der Waals surface area contributed by atoms with Crippen molar-refractivity contribution in [2.24, 2.45) is 0 Å². The number of methoxy groups -OCH3 is 1. The molecule has 1 aliphatic heterocycles. The van der Waals surface area contributed by atoms with Crippen molar-refractivity contribution in [1.82, 2.24) is 9.80 Å². The number of carboxylic acid groups (broad SMARTS) is 1. The minimum Gasteiger partial charge on any atom is -0.480 e. The van der Waals surface area contributed by atoms with Gasteiger partial charge in [-0.05, 0) is 26.2 Å². The summed E-state index contributed by atoms with van der Waals surface area (Å²) < 4.78 is 4.93. The molecule has 0 aromatic heterocycles. The third-order valence-electron chi connectivity index (χ3n) is 3.50. The van der Waals surface area contributed by atoms with Crippen molar-refractivity contribution in [3.8, 4) is 0 Å². The molecular formula is C12H22N2O4. The highest BCUT2D eigenvalue weighted by molar-refractivity contribution is 5.86. The van der Waals surface area contributed by atoms with Gasteiger partial charge in [-0.1, -0.05) is 0 Å². The predicted octanol–water partition coefficient (Wildman–Crippen LogP) is 1.01. The maximum atomic E-state index is 12.2. The Bertz CT molecular complexity index is 321. The van der Waals surface area contributed by atoms with Crippen LogP contribution in [-0.4, -0.2) is 66.3 Å². The zero-order valence-electron chi connectivity index (χ0n) is 11.3. The molecule has 1 saturated heterocycles. The van der Waals surface area contributed by atoms with E-state index in [0.29, 0.717) is 26.1 Å². The maximum Gasteiger partial charge on any atom is 0.329 e. The standard InChI is InChI=1S/C12H22N2O4/c1-12(10(15)16)6-4-8-14(12)11(17)13(2)7-5-9-18-3/h4-9H2,1-3H3,(H,15,16). The molecule has 0 spiro atoms. The number of hydrogen-bond acceptors (Lipinski definition) is 3. The van der Waals surface area contributed by atoms with Gasteiger partial charge in [-0.3, -0.25) is 0 Å². The summed E-state index contributed by atoms with van der Waals surface area (Å²) in [6.07, 6.45) is 2.00. The number of hydrogen-bond donors (Lipinski definition) is 1. The van der Waals surface area contributed by atoms with Crippen LogP contribution < -0.4 is 0 Å². The van der Waals surface area contributed by atoms with E-state index in [1.54, 1.807) is 26.0 Å². The van der Waals surface area contributed by atoms with Crippen LogP contribution in [0.2, 0.25) is 0 Å². The summed E-state index contributed by atoms with van der Waals surface area (Å²) in [6.45, 7) is 3.28. The summed E-state index contributed by atoms with van der Waals surface area (Å²) in [5.74, 6) is -0.932. The molecule has 1 fully saturated rings. The van der Waals surface area contributed by atoms with E-state index >= 15 is 0 Å². The summed E-state index contributed by atoms with van der Waals surface area (Å²) >= 11 is 0. The number of aliphatic carboxylic acids is 1. The first-order chi connectivity index (χ1) is 8.43. The molecule has 18 heavy (non-hydrogen) atoms. The van der Waals surface area contributed by atoms with Gasteiger partial charge in [-0.15, -0.1) is 0 Å². The minimum atomic E-state index is -1.06. The van der Waals surface area contributed by atoms with Gasteiger partial charge in [-0.25, -0.2) is 9.59 Å². The number of amides is 2. The molecule has 1 rings (SSSR count). The average molecular weight is 258 g/mol. The van der Waals surface area contributed by atoms with Gasteiger partial charge in [0.1, 0.15) is 5.54 Å². The number of carbonyl (C=O) groups is 2. The normalized spacial score (nSPS) is 23.2. The molecule has 1 heterocycles. The van der Waals surface area contributed by atoms with Crippen molar-refractivity contribution in [3.05, 3.63) is 0 Å². The lowest BCUT2D eigenvalue weighted by molar-refractivity contribution is -0.147. The molecule has 1 unspecified atom stereocenters. The third-order valence-corrected chi connectivity index (χ3v) is 3.50. The van der Waals surface area contributed by atoms with Crippen LogP contribution in [0.5, 0.6) is 0 Å². The first kappa shape index (κ1) is 14.8. The van der Waals surface area contributed by atoms with Gasteiger partial charge < -0.3 is 19.6 Å². The predicted molar refractivity (Wildman–Crippen MR) is 66.5 cm³/mol. The number of likely N-dealkylation sites (tertiary alicyclic amines) is 1. The smallest absolute Gasteiger partial charge is 0.329 e. The summed E-state index contributed by atoms with van der Waals surface area (Å²) in [5.41, 5.74) is -1.06. The monoisotopic (exact) mass is 258 g/mol. The lowest BCUT2D eigenvalue weighted by Crippen LogP contribution is -2.54. The molecule has 1 atom stereocenters. The van der Waals surface area contributed by atoms with Gasteiger partial charge in [0.05, 0.1) is 0 Å². The first-order valence-corrected chi connectivity index (χ1v) is 6.18. The van der Waals surface area contributed by atoms with Crippen LogP contribution in [0.3, 0.4) is 0 Å². The van der Waals surface area contributed by atoms with E-state index in [1.807, 2.05) is 0 Å². The van der Waals surface area contributed by atoms with Gasteiger partial charge in [0.25, 0.3) is 0 Å². The largest absolute Gasteiger partial charge is 0.480 e. The Kier molecular flexibility index (Phi) is 4.95. The molecule has 0 aromatic carbocycles. The Hall–Kier alpha value is -1.30. The van der Waals surface area contributed by atoms with E-state index in [9.17, 15) is 14.7 Å². The van der Waals surface area contributed by atoms with E-state index in [0.717, 1.165) is 12.8 Å². The van der Waals surface area contributed by atoms with E-state index < -0.39 is 11.5 Å². The lowest BCUT2D eigenvalue weighted by Gasteiger charge is -2.34. The molecule has 2 amide bonds. The van der Waals surface area contributed by atoms with Crippen LogP contribution in [0, 0.1) is 0 Å². The van der Waals surface area contributed by atoms with E-state index in [1.165, 1.54) is 4.90 Å². The summed E-state index contributed by atoms with van der Waals surface area (Å²) in [4.78, 5) is 26.5. The molecule has 6 heteroatoms. The molecule has 1 N–H and O–H groups in total. The van der Waals surface area contributed by atoms with Crippen molar-refractivity contribution < 1.29 is 19.4 Å². The molecule has 6 nitrogen and oxygen atoms in total. The van der Waals surface area contributed by atoms with Crippen molar-refractivity contribution in [2.75, 3.05) is 33.9 Å². The second-order valence-corrected chi connectivity index (χ2v) is 4.88. The molecule has 104 valence electrons. The van der Waals surface area contributed by atoms with E-state index in [4.69, 9.17) is 4.74 Å². The van der Waals surface area contributed by atoms with Gasteiger partial charge in [0, 0.05) is 33.9 Å². The highest BCUT2D eigenvalue weighted by atomic mass is 16.5. The topological polar surface area (TPSA) is 70.1 Å². The number of nitrogens with zero attached hydrogens (tertiary/aromatic N) is 2. The van der Waals surface area contributed by atoms with Crippen LogP contribution in [0.1, 0.15) is 26.2 Å². The van der Waals surface area contributed by atoms with Crippen LogP contribution in [0.4, 0.5) is 4.79 Å². The number of carbonyl (C=O) groups excluding carboxylic acids is 1. The molecule has 0 radical (unpaired) electrons. The molecule has 0 aromatic rings. The van der Waals surface area contributed by atoms with Gasteiger partial charge in [0.2, 0.25) is 0 Å². The zero-order valence-corrected chi connectivity index (χ0v) is 11.3. The third kappa shape index (κ3) is 2.93. The van der Waals surface area contributed by atoms with E-state index in [-0.39, 0.29) is 6.03 Å². The van der Waals surface area contributed by atoms with Crippen molar-refractivity contribution in [3.63, 3.8) is 0 Å². The Labute approximate surface area is 107 Å². The fourth-order valence-electron chi connectivity index (χ4n) is 2.24. The maximum absolute atomic E-state index is 12.2. The molecule has 0 bridgehead atoms. The zero-order chi connectivity index (χ0) is 13.8.